The van der Waals surface area contributed by atoms with Crippen molar-refractivity contribution in [3.8, 4) is 0 Å². The number of nitrogens with one attached hydrogen (secondary N) is 1. The molecule has 0 unspecified atom stereocenters. The zero-order chi connectivity index (χ0) is 14.7. The summed E-state index contributed by atoms with van der Waals surface area (Å²) in [6, 6.07) is 4.19. The molecule has 1 saturated heterocycles. The fraction of sp³-hybridized carbons (Fsp3) is 0.385. The Hall–Kier alpha value is -1.30. The Morgan fingerprint density at radius 2 is 2.15 bits per heavy atom. The van der Waals surface area contributed by atoms with E-state index in [2.05, 4.69) is 5.32 Å². The van der Waals surface area contributed by atoms with Gasteiger partial charge in [-0.05, 0) is 37.6 Å². The molecule has 0 aromatic heterocycles. The van der Waals surface area contributed by atoms with Crippen molar-refractivity contribution in [1.29, 1.82) is 0 Å². The van der Waals surface area contributed by atoms with Crippen LogP contribution in [0.4, 0.5) is 5.69 Å². The van der Waals surface area contributed by atoms with Crippen LogP contribution in [0.1, 0.15) is 12.8 Å². The topological polar surface area (TPSA) is 69.6 Å². The molecule has 0 spiro atoms. The van der Waals surface area contributed by atoms with Gasteiger partial charge in [0.1, 0.15) is 6.04 Å². The molecule has 0 bridgehead atoms. The van der Waals surface area contributed by atoms with E-state index in [1.807, 2.05) is 0 Å². The molecule has 5 nitrogen and oxygen atoms in total. The van der Waals surface area contributed by atoms with Crippen LogP contribution in [0.25, 0.3) is 0 Å². The van der Waals surface area contributed by atoms with E-state index in [-0.39, 0.29) is 12.5 Å². The van der Waals surface area contributed by atoms with Gasteiger partial charge in [-0.15, -0.1) is 0 Å². The zero-order valence-corrected chi connectivity index (χ0v) is 12.1. The lowest BCUT2D eigenvalue weighted by Crippen LogP contribution is -2.40. The Labute approximate surface area is 126 Å². The highest BCUT2D eigenvalue weighted by Gasteiger charge is 2.31. The number of hydrogen-bond acceptors (Lipinski definition) is 3. The number of benzene rings is 1. The third kappa shape index (κ3) is 3.62. The van der Waals surface area contributed by atoms with Gasteiger partial charge in [-0.2, -0.15) is 0 Å². The van der Waals surface area contributed by atoms with Gasteiger partial charge in [-0.1, -0.05) is 23.2 Å². The Kier molecular flexibility index (Phi) is 4.86. The van der Waals surface area contributed by atoms with Crippen molar-refractivity contribution in [2.45, 2.75) is 18.9 Å². The third-order valence-electron chi connectivity index (χ3n) is 3.20. The van der Waals surface area contributed by atoms with E-state index < -0.39 is 12.0 Å². The van der Waals surface area contributed by atoms with Gasteiger partial charge in [0.15, 0.2) is 0 Å². The monoisotopic (exact) mass is 316 g/mol. The number of halogens is 2. The molecular formula is C13H14Cl2N2O3. The Bertz CT molecular complexity index is 536. The van der Waals surface area contributed by atoms with Gasteiger partial charge in [-0.3, -0.25) is 14.5 Å². The summed E-state index contributed by atoms with van der Waals surface area (Å²) < 4.78 is 0. The number of likely N-dealkylation sites (tertiary alicyclic amines) is 1. The number of hydrogen-bond donors (Lipinski definition) is 2. The van der Waals surface area contributed by atoms with Gasteiger partial charge < -0.3 is 10.4 Å². The van der Waals surface area contributed by atoms with Crippen molar-refractivity contribution in [3.63, 3.8) is 0 Å². The van der Waals surface area contributed by atoms with Crippen molar-refractivity contribution in [2.75, 3.05) is 18.4 Å². The van der Waals surface area contributed by atoms with E-state index in [1.54, 1.807) is 23.1 Å². The largest absolute Gasteiger partial charge is 0.480 e. The first-order valence-corrected chi connectivity index (χ1v) is 6.94. The zero-order valence-electron chi connectivity index (χ0n) is 10.6. The minimum Gasteiger partial charge on any atom is -0.480 e. The molecule has 108 valence electrons. The quantitative estimate of drug-likeness (QED) is 0.895. The first kappa shape index (κ1) is 15.1. The fourth-order valence-corrected chi connectivity index (χ4v) is 2.60. The number of nitrogens with zero attached hydrogens (tertiary/aromatic N) is 1. The molecule has 1 amide bonds. The molecule has 1 aliphatic heterocycles. The Balaban J connectivity index is 1.99. The van der Waals surface area contributed by atoms with Crippen LogP contribution in [0.2, 0.25) is 10.0 Å². The second-order valence-electron chi connectivity index (χ2n) is 4.64. The van der Waals surface area contributed by atoms with Gasteiger partial charge in [0.2, 0.25) is 5.91 Å². The van der Waals surface area contributed by atoms with Crippen LogP contribution in [-0.2, 0) is 9.59 Å². The summed E-state index contributed by atoms with van der Waals surface area (Å²) in [5.41, 5.74) is 0.426. The first-order valence-electron chi connectivity index (χ1n) is 6.19. The fourth-order valence-electron chi connectivity index (χ4n) is 2.26. The molecule has 0 aliphatic carbocycles. The van der Waals surface area contributed by atoms with Crippen molar-refractivity contribution in [1.82, 2.24) is 4.90 Å². The van der Waals surface area contributed by atoms with Crippen molar-refractivity contribution < 1.29 is 14.7 Å². The summed E-state index contributed by atoms with van der Waals surface area (Å²) in [6.45, 7) is 0.632. The summed E-state index contributed by atoms with van der Waals surface area (Å²) in [7, 11) is 0. The number of carbonyl (C=O) groups excluding carboxylic acids is 1. The van der Waals surface area contributed by atoms with Crippen LogP contribution in [0.5, 0.6) is 0 Å². The predicted molar refractivity (Wildman–Crippen MR) is 77.3 cm³/mol. The van der Waals surface area contributed by atoms with E-state index in [0.717, 1.165) is 6.42 Å². The number of amides is 1. The third-order valence-corrected chi connectivity index (χ3v) is 3.76. The predicted octanol–water partition coefficient (Wildman–Crippen LogP) is 2.48. The van der Waals surface area contributed by atoms with Gasteiger partial charge in [0.25, 0.3) is 0 Å². The van der Waals surface area contributed by atoms with Crippen LogP contribution in [0, 0.1) is 0 Å². The second-order valence-corrected chi connectivity index (χ2v) is 5.48. The maximum Gasteiger partial charge on any atom is 0.320 e. The molecule has 1 atom stereocenters. The standard InChI is InChI=1S/C13H14Cl2N2O3/c14-8-3-4-9(15)10(6-8)16-12(18)7-17-5-1-2-11(17)13(19)20/h3-4,6,11H,1-2,5,7H2,(H,16,18)(H,19,20)/t11-/m1/s1. The SMILES string of the molecule is O=C(CN1CCC[C@@H]1C(=O)O)Nc1cc(Cl)ccc1Cl. The molecule has 0 saturated carbocycles. The van der Waals surface area contributed by atoms with Crippen LogP contribution >= 0.6 is 23.2 Å². The van der Waals surface area contributed by atoms with E-state index in [0.29, 0.717) is 28.7 Å². The highest BCUT2D eigenvalue weighted by Crippen LogP contribution is 2.25. The number of carboxylic acids is 1. The lowest BCUT2D eigenvalue weighted by atomic mass is 10.2. The van der Waals surface area contributed by atoms with Crippen LogP contribution < -0.4 is 5.32 Å². The van der Waals surface area contributed by atoms with Crippen molar-refractivity contribution >= 4 is 40.8 Å². The molecule has 1 fully saturated rings. The van der Waals surface area contributed by atoms with Crippen LogP contribution in [0.3, 0.4) is 0 Å². The minimum absolute atomic E-state index is 0.0276. The summed E-state index contributed by atoms with van der Waals surface area (Å²) in [5.74, 6) is -1.20. The number of anilines is 1. The normalized spacial score (nSPS) is 19.0. The van der Waals surface area contributed by atoms with Gasteiger partial charge in [0, 0.05) is 5.02 Å². The van der Waals surface area contributed by atoms with Gasteiger partial charge >= 0.3 is 5.97 Å². The maximum atomic E-state index is 12.0. The lowest BCUT2D eigenvalue weighted by Gasteiger charge is -2.20. The Morgan fingerprint density at radius 3 is 2.85 bits per heavy atom. The minimum atomic E-state index is -0.893. The lowest BCUT2D eigenvalue weighted by molar-refractivity contribution is -0.142. The highest BCUT2D eigenvalue weighted by molar-refractivity contribution is 6.35. The van der Waals surface area contributed by atoms with E-state index in [1.165, 1.54) is 0 Å². The van der Waals surface area contributed by atoms with Crippen molar-refractivity contribution in [3.05, 3.63) is 28.2 Å². The molecular weight excluding hydrogens is 303 g/mol. The molecule has 1 aromatic rings. The number of rotatable bonds is 4. The summed E-state index contributed by atoms with van der Waals surface area (Å²) >= 11 is 11.8. The summed E-state index contributed by atoms with van der Waals surface area (Å²) in [6.07, 6.45) is 1.35. The number of aliphatic carboxylic acids is 1. The maximum absolute atomic E-state index is 12.0. The summed E-state index contributed by atoms with van der Waals surface area (Å²) in [4.78, 5) is 24.6. The molecule has 1 aliphatic rings. The smallest absolute Gasteiger partial charge is 0.320 e. The molecule has 2 rings (SSSR count). The van der Waals surface area contributed by atoms with E-state index >= 15 is 0 Å². The molecule has 20 heavy (non-hydrogen) atoms. The highest BCUT2D eigenvalue weighted by atomic mass is 35.5. The molecule has 2 N–H and O–H groups in total. The molecule has 1 heterocycles. The van der Waals surface area contributed by atoms with Crippen LogP contribution in [-0.4, -0.2) is 41.0 Å². The van der Waals surface area contributed by atoms with Crippen LogP contribution in [0.15, 0.2) is 18.2 Å². The number of carbonyl (C=O) groups is 2. The Morgan fingerprint density at radius 1 is 1.40 bits per heavy atom. The average molecular weight is 317 g/mol. The van der Waals surface area contributed by atoms with E-state index in [4.69, 9.17) is 28.3 Å². The van der Waals surface area contributed by atoms with Crippen molar-refractivity contribution in [2.24, 2.45) is 0 Å². The molecule has 1 aromatic carbocycles. The molecule has 7 heteroatoms. The van der Waals surface area contributed by atoms with Gasteiger partial charge in [0.05, 0.1) is 17.3 Å². The first-order chi connectivity index (χ1) is 9.47. The second kappa shape index (κ2) is 6.43. The van der Waals surface area contributed by atoms with Gasteiger partial charge in [-0.25, -0.2) is 0 Å². The number of carboxylic acid groups (broad SMARTS) is 1. The summed E-state index contributed by atoms with van der Waals surface area (Å²) in [5, 5.41) is 12.6. The average Bonchev–Trinajstić information content (AvgIpc) is 2.82. The molecule has 0 radical (unpaired) electrons. The van der Waals surface area contributed by atoms with E-state index in [9.17, 15) is 9.59 Å².